The summed E-state index contributed by atoms with van der Waals surface area (Å²) in [7, 11) is 1.69. The van der Waals surface area contributed by atoms with Crippen LogP contribution in [0, 0.1) is 0 Å². The van der Waals surface area contributed by atoms with Gasteiger partial charge >= 0.3 is 0 Å². The number of carbonyl (C=O) groups is 1. The zero-order chi connectivity index (χ0) is 16.0. The molecule has 2 heterocycles. The van der Waals surface area contributed by atoms with Gasteiger partial charge < -0.3 is 9.64 Å². The lowest BCUT2D eigenvalue weighted by molar-refractivity contribution is -0.133. The Hall–Kier alpha value is -1.81. The quantitative estimate of drug-likeness (QED) is 0.788. The van der Waals surface area contributed by atoms with E-state index < -0.39 is 0 Å². The Kier molecular flexibility index (Phi) is 3.64. The standard InChI is InChI=1S/C19H18BrNO2/c1-23-14-8-9-15-16(11-14)17-3-2-10-21(17)19(22)18(15)12-4-6-13(20)7-5-12/h4-9,11,17-18H,2-3,10H2,1H3. The molecule has 0 bridgehead atoms. The second-order valence-corrected chi connectivity index (χ2v) is 7.08. The highest BCUT2D eigenvalue weighted by Crippen LogP contribution is 2.46. The van der Waals surface area contributed by atoms with Gasteiger partial charge in [0.05, 0.1) is 19.1 Å². The zero-order valence-electron chi connectivity index (χ0n) is 13.0. The maximum atomic E-state index is 13.1. The van der Waals surface area contributed by atoms with Crippen LogP contribution in [0.1, 0.15) is 41.5 Å². The molecule has 2 unspecified atom stereocenters. The molecule has 1 amide bonds. The molecule has 0 N–H and O–H groups in total. The summed E-state index contributed by atoms with van der Waals surface area (Å²) in [4.78, 5) is 15.1. The van der Waals surface area contributed by atoms with E-state index in [1.54, 1.807) is 7.11 Å². The largest absolute Gasteiger partial charge is 0.497 e. The van der Waals surface area contributed by atoms with Crippen LogP contribution in [-0.2, 0) is 4.79 Å². The van der Waals surface area contributed by atoms with Crippen LogP contribution in [0.4, 0.5) is 0 Å². The minimum Gasteiger partial charge on any atom is -0.497 e. The maximum absolute atomic E-state index is 13.1. The van der Waals surface area contributed by atoms with E-state index in [9.17, 15) is 4.79 Å². The molecule has 0 aromatic heterocycles. The van der Waals surface area contributed by atoms with Gasteiger partial charge in [-0.25, -0.2) is 0 Å². The second kappa shape index (κ2) is 5.68. The summed E-state index contributed by atoms with van der Waals surface area (Å²) in [5.41, 5.74) is 3.42. The van der Waals surface area contributed by atoms with Crippen LogP contribution >= 0.6 is 15.9 Å². The van der Waals surface area contributed by atoms with Crippen molar-refractivity contribution in [3.63, 3.8) is 0 Å². The first kappa shape index (κ1) is 14.8. The molecule has 0 radical (unpaired) electrons. The Morgan fingerprint density at radius 2 is 1.91 bits per heavy atom. The average Bonchev–Trinajstić information content (AvgIpc) is 3.07. The summed E-state index contributed by atoms with van der Waals surface area (Å²) in [6.45, 7) is 0.854. The van der Waals surface area contributed by atoms with E-state index in [2.05, 4.69) is 33.0 Å². The number of rotatable bonds is 2. The topological polar surface area (TPSA) is 29.5 Å². The molecular weight excluding hydrogens is 354 g/mol. The molecule has 0 spiro atoms. The van der Waals surface area contributed by atoms with Gasteiger partial charge in [0.25, 0.3) is 0 Å². The minimum absolute atomic E-state index is 0.208. The molecule has 3 nitrogen and oxygen atoms in total. The van der Waals surface area contributed by atoms with Gasteiger partial charge in [0.2, 0.25) is 5.91 Å². The van der Waals surface area contributed by atoms with Crippen LogP contribution in [-0.4, -0.2) is 24.5 Å². The molecule has 0 saturated carbocycles. The SMILES string of the molecule is COc1ccc2c(c1)C1CCCN1C(=O)C2c1ccc(Br)cc1. The van der Waals surface area contributed by atoms with Crippen molar-refractivity contribution in [2.75, 3.05) is 13.7 Å². The van der Waals surface area contributed by atoms with Gasteiger partial charge in [0.1, 0.15) is 5.75 Å². The van der Waals surface area contributed by atoms with Crippen molar-refractivity contribution in [2.45, 2.75) is 24.8 Å². The van der Waals surface area contributed by atoms with E-state index in [4.69, 9.17) is 4.74 Å². The molecule has 1 fully saturated rings. The van der Waals surface area contributed by atoms with E-state index in [1.807, 2.05) is 30.3 Å². The lowest BCUT2D eigenvalue weighted by Crippen LogP contribution is -2.40. The molecule has 1 saturated heterocycles. The normalized spacial score (nSPS) is 22.7. The van der Waals surface area contributed by atoms with Crippen molar-refractivity contribution in [2.24, 2.45) is 0 Å². The third kappa shape index (κ3) is 2.36. The Balaban J connectivity index is 1.88. The number of amides is 1. The average molecular weight is 372 g/mol. The third-order valence-electron chi connectivity index (χ3n) is 4.95. The number of fused-ring (bicyclic) bond motifs is 3. The first-order valence-corrected chi connectivity index (χ1v) is 8.72. The van der Waals surface area contributed by atoms with Gasteiger partial charge in [0, 0.05) is 11.0 Å². The number of halogens is 1. The van der Waals surface area contributed by atoms with Gasteiger partial charge in [-0.3, -0.25) is 4.79 Å². The highest BCUT2D eigenvalue weighted by atomic mass is 79.9. The lowest BCUT2D eigenvalue weighted by Gasteiger charge is -2.37. The Morgan fingerprint density at radius 3 is 2.65 bits per heavy atom. The molecular formula is C19H18BrNO2. The number of hydrogen-bond donors (Lipinski definition) is 0. The van der Waals surface area contributed by atoms with E-state index in [-0.39, 0.29) is 17.9 Å². The van der Waals surface area contributed by atoms with E-state index in [0.29, 0.717) is 0 Å². The fraction of sp³-hybridized carbons (Fsp3) is 0.316. The molecule has 2 aromatic carbocycles. The van der Waals surface area contributed by atoms with Crippen molar-refractivity contribution in [1.29, 1.82) is 0 Å². The van der Waals surface area contributed by atoms with Crippen molar-refractivity contribution in [1.82, 2.24) is 4.90 Å². The molecule has 2 aromatic rings. The van der Waals surface area contributed by atoms with Gasteiger partial charge in [-0.2, -0.15) is 0 Å². The molecule has 4 rings (SSSR count). The lowest BCUT2D eigenvalue weighted by atomic mass is 9.81. The van der Waals surface area contributed by atoms with Gasteiger partial charge in [-0.1, -0.05) is 34.1 Å². The summed E-state index contributed by atoms with van der Waals surface area (Å²) < 4.78 is 6.43. The third-order valence-corrected chi connectivity index (χ3v) is 5.48. The Morgan fingerprint density at radius 1 is 1.13 bits per heavy atom. The summed E-state index contributed by atoms with van der Waals surface area (Å²) in [5, 5.41) is 0. The smallest absolute Gasteiger partial charge is 0.235 e. The van der Waals surface area contributed by atoms with Gasteiger partial charge in [-0.05, 0) is 53.8 Å². The van der Waals surface area contributed by atoms with E-state index in [1.165, 1.54) is 5.56 Å². The highest BCUT2D eigenvalue weighted by Gasteiger charge is 2.42. The van der Waals surface area contributed by atoms with Crippen LogP contribution in [0.25, 0.3) is 0 Å². The molecule has 2 aliphatic heterocycles. The fourth-order valence-electron chi connectivity index (χ4n) is 3.86. The summed E-state index contributed by atoms with van der Waals surface area (Å²) in [6, 6.07) is 14.4. The maximum Gasteiger partial charge on any atom is 0.235 e. The van der Waals surface area contributed by atoms with E-state index in [0.717, 1.165) is 40.7 Å². The summed E-state index contributed by atoms with van der Waals surface area (Å²) >= 11 is 3.47. The van der Waals surface area contributed by atoms with Crippen molar-refractivity contribution >= 4 is 21.8 Å². The molecule has 2 atom stereocenters. The molecule has 23 heavy (non-hydrogen) atoms. The first-order valence-electron chi connectivity index (χ1n) is 7.93. The summed E-state index contributed by atoms with van der Waals surface area (Å²) in [5.74, 6) is 0.880. The predicted molar refractivity (Wildman–Crippen MR) is 92.7 cm³/mol. The fourth-order valence-corrected chi connectivity index (χ4v) is 4.13. The van der Waals surface area contributed by atoms with Gasteiger partial charge in [-0.15, -0.1) is 0 Å². The van der Waals surface area contributed by atoms with Crippen LogP contribution in [0.3, 0.4) is 0 Å². The first-order chi connectivity index (χ1) is 11.2. The Labute approximate surface area is 144 Å². The monoisotopic (exact) mass is 371 g/mol. The minimum atomic E-state index is -0.210. The number of methoxy groups -OCH3 is 1. The number of nitrogens with zero attached hydrogens (tertiary/aromatic N) is 1. The van der Waals surface area contributed by atoms with Gasteiger partial charge in [0.15, 0.2) is 0 Å². The highest BCUT2D eigenvalue weighted by molar-refractivity contribution is 9.10. The predicted octanol–water partition coefficient (Wildman–Crippen LogP) is 4.27. The zero-order valence-corrected chi connectivity index (χ0v) is 14.5. The second-order valence-electron chi connectivity index (χ2n) is 6.17. The molecule has 0 aliphatic carbocycles. The Bertz CT molecular complexity index is 756. The van der Waals surface area contributed by atoms with Crippen LogP contribution in [0.5, 0.6) is 5.75 Å². The number of carbonyl (C=O) groups excluding carboxylic acids is 1. The summed E-state index contributed by atoms with van der Waals surface area (Å²) in [6.07, 6.45) is 2.11. The molecule has 4 heteroatoms. The van der Waals surface area contributed by atoms with Crippen molar-refractivity contribution in [3.8, 4) is 5.75 Å². The van der Waals surface area contributed by atoms with Crippen LogP contribution < -0.4 is 4.74 Å². The van der Waals surface area contributed by atoms with Crippen LogP contribution in [0.2, 0.25) is 0 Å². The van der Waals surface area contributed by atoms with Crippen molar-refractivity contribution in [3.05, 3.63) is 63.6 Å². The molecule has 118 valence electrons. The number of benzene rings is 2. The molecule has 2 aliphatic rings. The number of hydrogen-bond acceptors (Lipinski definition) is 2. The van der Waals surface area contributed by atoms with E-state index >= 15 is 0 Å². The van der Waals surface area contributed by atoms with Crippen molar-refractivity contribution < 1.29 is 9.53 Å². The number of ether oxygens (including phenoxy) is 1. The van der Waals surface area contributed by atoms with Crippen LogP contribution in [0.15, 0.2) is 46.9 Å².